The first kappa shape index (κ1) is 53.4. The molecule has 324 valence electrons. The van der Waals surface area contributed by atoms with Gasteiger partial charge in [-0.15, -0.1) is 0 Å². The Morgan fingerprint density at radius 1 is 0.571 bits per heavy atom. The summed E-state index contributed by atoms with van der Waals surface area (Å²) in [7, 11) is -4.72. The highest BCUT2D eigenvalue weighted by molar-refractivity contribution is 7.47. The van der Waals surface area contributed by atoms with Gasteiger partial charge in [0.15, 0.2) is 6.10 Å². The number of unbranched alkanes of at least 4 members (excludes halogenated alkanes) is 18. The van der Waals surface area contributed by atoms with Crippen LogP contribution in [0.1, 0.15) is 181 Å². The van der Waals surface area contributed by atoms with Crippen molar-refractivity contribution in [1.29, 1.82) is 0 Å². The third-order valence-corrected chi connectivity index (χ3v) is 10.0. The van der Waals surface area contributed by atoms with Crippen LogP contribution < -0.4 is 5.73 Å². The molecule has 0 bridgehead atoms. The van der Waals surface area contributed by atoms with E-state index in [2.05, 4.69) is 67.0 Å². The Morgan fingerprint density at radius 2 is 1.00 bits per heavy atom. The van der Waals surface area contributed by atoms with Gasteiger partial charge in [0.05, 0.1) is 13.2 Å². The summed E-state index contributed by atoms with van der Waals surface area (Å²) < 4.78 is 32.7. The van der Waals surface area contributed by atoms with Crippen LogP contribution in [0.5, 0.6) is 0 Å². The Morgan fingerprint density at radius 3 is 1.50 bits per heavy atom. The van der Waals surface area contributed by atoms with Crippen LogP contribution in [0.15, 0.2) is 48.6 Å². The zero-order valence-corrected chi connectivity index (χ0v) is 35.9. The number of hydrogen-bond acceptors (Lipinski definition) is 9. The van der Waals surface area contributed by atoms with Crippen LogP contribution in [-0.2, 0) is 37.5 Å². The van der Waals surface area contributed by atoms with Crippen molar-refractivity contribution in [3.63, 3.8) is 0 Å². The van der Waals surface area contributed by atoms with Gasteiger partial charge in [-0.1, -0.05) is 165 Å². The van der Waals surface area contributed by atoms with E-state index in [-0.39, 0.29) is 19.4 Å². The largest absolute Gasteiger partial charge is 0.480 e. The van der Waals surface area contributed by atoms with Crippen LogP contribution in [0.3, 0.4) is 0 Å². The lowest BCUT2D eigenvalue weighted by Crippen LogP contribution is -2.34. The Hall–Kier alpha value is -2.56. The van der Waals surface area contributed by atoms with E-state index in [4.69, 9.17) is 24.8 Å². The summed E-state index contributed by atoms with van der Waals surface area (Å²) in [4.78, 5) is 45.9. The fraction of sp³-hybridized carbons (Fsp3) is 0.750. The Bertz CT molecular complexity index is 1140. The van der Waals surface area contributed by atoms with E-state index >= 15 is 0 Å². The maximum atomic E-state index is 12.6. The Labute approximate surface area is 339 Å². The topological polar surface area (TPSA) is 172 Å². The summed E-state index contributed by atoms with van der Waals surface area (Å²) in [5.41, 5.74) is 5.33. The van der Waals surface area contributed by atoms with Crippen LogP contribution >= 0.6 is 7.82 Å². The van der Waals surface area contributed by atoms with E-state index in [0.29, 0.717) is 12.8 Å². The number of aliphatic carboxylic acids is 1. The van der Waals surface area contributed by atoms with E-state index < -0.39 is 51.1 Å². The molecule has 0 radical (unpaired) electrons. The molecule has 0 aliphatic rings. The number of allylic oxidation sites excluding steroid dienone is 8. The van der Waals surface area contributed by atoms with Gasteiger partial charge in [0.2, 0.25) is 0 Å². The highest BCUT2D eigenvalue weighted by Gasteiger charge is 2.28. The molecule has 3 atom stereocenters. The van der Waals surface area contributed by atoms with Gasteiger partial charge >= 0.3 is 25.7 Å². The van der Waals surface area contributed by atoms with Gasteiger partial charge < -0.3 is 25.2 Å². The molecule has 0 spiro atoms. The third kappa shape index (κ3) is 38.3. The van der Waals surface area contributed by atoms with Crippen molar-refractivity contribution in [2.24, 2.45) is 5.73 Å². The molecule has 0 aromatic carbocycles. The van der Waals surface area contributed by atoms with Gasteiger partial charge in [0.25, 0.3) is 0 Å². The number of phosphoric ester groups is 1. The number of carboxylic acid groups (broad SMARTS) is 1. The lowest BCUT2D eigenvalue weighted by molar-refractivity contribution is -0.161. The van der Waals surface area contributed by atoms with Gasteiger partial charge in [-0.3, -0.25) is 23.4 Å². The van der Waals surface area contributed by atoms with Gasteiger partial charge in [0.1, 0.15) is 12.6 Å². The van der Waals surface area contributed by atoms with Gasteiger partial charge in [-0.2, -0.15) is 0 Å². The van der Waals surface area contributed by atoms with E-state index in [1.807, 2.05) is 0 Å². The number of hydrogen-bond donors (Lipinski definition) is 3. The van der Waals surface area contributed by atoms with Crippen molar-refractivity contribution < 1.29 is 47.5 Å². The molecule has 4 N–H and O–H groups in total. The van der Waals surface area contributed by atoms with E-state index in [1.165, 1.54) is 70.6 Å². The quantitative estimate of drug-likeness (QED) is 0.0233. The highest BCUT2D eigenvalue weighted by atomic mass is 31.2. The zero-order chi connectivity index (χ0) is 41.4. The summed E-state index contributed by atoms with van der Waals surface area (Å²) in [6.07, 6.45) is 43.1. The number of carboxylic acids is 1. The normalized spacial score (nSPS) is 14.2. The molecule has 11 nitrogen and oxygen atoms in total. The molecular formula is C44H78NO10P. The monoisotopic (exact) mass is 812 g/mol. The molecule has 56 heavy (non-hydrogen) atoms. The number of carbonyl (C=O) groups is 3. The van der Waals surface area contributed by atoms with Gasteiger partial charge in [0, 0.05) is 12.8 Å². The molecule has 0 aromatic rings. The third-order valence-electron chi connectivity index (χ3n) is 9.09. The van der Waals surface area contributed by atoms with Crippen molar-refractivity contribution in [2.45, 2.75) is 193 Å². The number of rotatable bonds is 40. The molecule has 0 heterocycles. The SMILES string of the molecule is CCC=CCC=CCC=CCC=CCCCCCCC(=O)OC(COC(=O)CCCCCCCCCCCCCCCCC)COP(=O)(O)OCC(N)C(=O)O. The maximum Gasteiger partial charge on any atom is 0.472 e. The summed E-state index contributed by atoms with van der Waals surface area (Å²) >= 11 is 0. The number of carbonyl (C=O) groups excluding carboxylic acids is 2. The second-order valence-corrected chi connectivity index (χ2v) is 15.9. The first-order valence-electron chi connectivity index (χ1n) is 21.7. The fourth-order valence-electron chi connectivity index (χ4n) is 5.70. The van der Waals surface area contributed by atoms with Crippen molar-refractivity contribution in [3.05, 3.63) is 48.6 Å². The molecule has 0 amide bonds. The number of esters is 2. The minimum absolute atomic E-state index is 0.133. The second-order valence-electron chi connectivity index (χ2n) is 14.5. The maximum absolute atomic E-state index is 12.6. The number of nitrogens with two attached hydrogens (primary N) is 1. The van der Waals surface area contributed by atoms with Crippen LogP contribution in [0.2, 0.25) is 0 Å². The predicted octanol–water partition coefficient (Wildman–Crippen LogP) is 11.4. The van der Waals surface area contributed by atoms with Crippen LogP contribution in [0.4, 0.5) is 0 Å². The minimum Gasteiger partial charge on any atom is -0.480 e. The predicted molar refractivity (Wildman–Crippen MR) is 226 cm³/mol. The van der Waals surface area contributed by atoms with Gasteiger partial charge in [-0.25, -0.2) is 4.57 Å². The van der Waals surface area contributed by atoms with Crippen LogP contribution in [0, 0.1) is 0 Å². The molecule has 0 rings (SSSR count). The van der Waals surface area contributed by atoms with Gasteiger partial charge in [-0.05, 0) is 51.4 Å². The molecule has 0 saturated carbocycles. The lowest BCUT2D eigenvalue weighted by Gasteiger charge is -2.20. The summed E-state index contributed by atoms with van der Waals surface area (Å²) in [6.45, 7) is 2.67. The zero-order valence-electron chi connectivity index (χ0n) is 35.0. The average molecular weight is 812 g/mol. The van der Waals surface area contributed by atoms with E-state index in [9.17, 15) is 23.8 Å². The summed E-state index contributed by atoms with van der Waals surface area (Å²) in [5.74, 6) is -2.41. The van der Waals surface area contributed by atoms with E-state index in [1.54, 1.807) is 0 Å². The minimum atomic E-state index is -4.72. The molecule has 12 heteroatoms. The molecule has 0 aliphatic carbocycles. The second kappa shape index (κ2) is 39.3. The standard InChI is InChI=1S/C44H78NO10P/c1-3-5-7-9-11-13-15-17-19-20-22-24-26-28-30-32-34-36-43(47)55-40(38-53-56(50,51)54-39-41(45)44(48)49)37-52-42(46)35-33-31-29-27-25-23-21-18-16-14-12-10-8-6-4-2/h5,7,11,13,17,19,22,24,40-41H,3-4,6,8-10,12,14-16,18,20-21,23,25-39,45H2,1-2H3,(H,48,49)(H,50,51). The van der Waals surface area contributed by atoms with Crippen molar-refractivity contribution in [3.8, 4) is 0 Å². The molecule has 0 aromatic heterocycles. The average Bonchev–Trinajstić information content (AvgIpc) is 3.17. The number of phosphoric acid groups is 1. The summed E-state index contributed by atoms with van der Waals surface area (Å²) in [6, 6.07) is -1.53. The molecular weight excluding hydrogens is 733 g/mol. The van der Waals surface area contributed by atoms with Crippen molar-refractivity contribution in [2.75, 3.05) is 19.8 Å². The van der Waals surface area contributed by atoms with E-state index in [0.717, 1.165) is 70.6 Å². The van der Waals surface area contributed by atoms with Crippen molar-refractivity contribution >= 4 is 25.7 Å². The first-order chi connectivity index (χ1) is 27.1. The molecule has 0 saturated heterocycles. The van der Waals surface area contributed by atoms with Crippen LogP contribution in [-0.4, -0.2) is 59.9 Å². The Balaban J connectivity index is 4.41. The molecule has 0 fully saturated rings. The van der Waals surface area contributed by atoms with Crippen LogP contribution in [0.25, 0.3) is 0 Å². The summed E-state index contributed by atoms with van der Waals surface area (Å²) in [5, 5.41) is 8.89. The number of ether oxygens (including phenoxy) is 2. The first-order valence-corrected chi connectivity index (χ1v) is 23.2. The Kier molecular flexibility index (Phi) is 37.5. The van der Waals surface area contributed by atoms with Crippen molar-refractivity contribution in [1.82, 2.24) is 0 Å². The molecule has 0 aliphatic heterocycles. The fourth-order valence-corrected chi connectivity index (χ4v) is 6.48. The lowest BCUT2D eigenvalue weighted by atomic mass is 10.0. The smallest absolute Gasteiger partial charge is 0.472 e. The highest BCUT2D eigenvalue weighted by Crippen LogP contribution is 2.43. The molecule has 3 unspecified atom stereocenters.